The van der Waals surface area contributed by atoms with Gasteiger partial charge in [-0.1, -0.05) is 5.16 Å². The highest BCUT2D eigenvalue weighted by Gasteiger charge is 2.12. The summed E-state index contributed by atoms with van der Waals surface area (Å²) in [7, 11) is 3.65. The maximum atomic E-state index is 5.54. The van der Waals surface area contributed by atoms with Crippen molar-refractivity contribution in [1.82, 2.24) is 5.16 Å². The minimum absolute atomic E-state index is 0.399. The van der Waals surface area contributed by atoms with Crippen LogP contribution in [0.3, 0.4) is 0 Å². The van der Waals surface area contributed by atoms with Gasteiger partial charge in [-0.2, -0.15) is 0 Å². The van der Waals surface area contributed by atoms with Gasteiger partial charge in [0.1, 0.15) is 5.75 Å². The summed E-state index contributed by atoms with van der Waals surface area (Å²) in [6.45, 7) is 4.74. The maximum Gasteiger partial charge on any atom is 0.167 e. The molecule has 0 unspecified atom stereocenters. The van der Waals surface area contributed by atoms with Crippen molar-refractivity contribution in [3.8, 4) is 5.75 Å². The van der Waals surface area contributed by atoms with Gasteiger partial charge in [0.25, 0.3) is 0 Å². The largest absolute Gasteiger partial charge is 0.495 e. The third-order valence-electron chi connectivity index (χ3n) is 3.18. The predicted molar refractivity (Wildman–Crippen MR) is 75.5 cm³/mol. The average molecular weight is 261 g/mol. The summed E-state index contributed by atoms with van der Waals surface area (Å²) in [6.07, 6.45) is 0. The second-order valence-corrected chi connectivity index (χ2v) is 4.68. The van der Waals surface area contributed by atoms with Gasteiger partial charge in [0.05, 0.1) is 19.3 Å². The van der Waals surface area contributed by atoms with Crippen LogP contribution in [-0.2, 0) is 6.54 Å². The number of methoxy groups -OCH3 is 1. The van der Waals surface area contributed by atoms with Crippen molar-refractivity contribution in [2.75, 3.05) is 24.8 Å². The van der Waals surface area contributed by atoms with Gasteiger partial charge in [0, 0.05) is 13.1 Å². The lowest BCUT2D eigenvalue weighted by Crippen LogP contribution is -2.17. The predicted octanol–water partition coefficient (Wildman–Crippen LogP) is 2.52. The van der Waals surface area contributed by atoms with E-state index in [1.54, 1.807) is 13.2 Å². The molecule has 5 heteroatoms. The Bertz CT molecular complexity index is 578. The van der Waals surface area contributed by atoms with Gasteiger partial charge >= 0.3 is 0 Å². The third-order valence-corrected chi connectivity index (χ3v) is 3.18. The van der Waals surface area contributed by atoms with Gasteiger partial charge < -0.3 is 19.9 Å². The molecule has 1 aromatic carbocycles. The molecule has 102 valence electrons. The fourth-order valence-corrected chi connectivity index (χ4v) is 1.96. The zero-order valence-corrected chi connectivity index (χ0v) is 11.7. The molecule has 0 radical (unpaired) electrons. The average Bonchev–Trinajstić information content (AvgIpc) is 2.77. The fraction of sp³-hybridized carbons (Fsp3) is 0.357. The number of nitrogens with two attached hydrogens (primary N) is 1. The van der Waals surface area contributed by atoms with Crippen LogP contribution in [0.5, 0.6) is 5.75 Å². The van der Waals surface area contributed by atoms with Crippen molar-refractivity contribution >= 4 is 11.5 Å². The van der Waals surface area contributed by atoms with Crippen LogP contribution >= 0.6 is 0 Å². The number of rotatable bonds is 4. The number of nitrogens with zero attached hydrogens (tertiary/aromatic N) is 2. The number of anilines is 2. The molecule has 0 aliphatic carbocycles. The summed E-state index contributed by atoms with van der Waals surface area (Å²) >= 11 is 0. The smallest absolute Gasteiger partial charge is 0.167 e. The molecule has 5 nitrogen and oxygen atoms in total. The summed E-state index contributed by atoms with van der Waals surface area (Å²) in [5.74, 6) is 1.97. The quantitative estimate of drug-likeness (QED) is 0.916. The highest BCUT2D eigenvalue weighted by atomic mass is 16.5. The first-order chi connectivity index (χ1) is 9.01. The fourth-order valence-electron chi connectivity index (χ4n) is 1.96. The Labute approximate surface area is 112 Å². The molecule has 2 N–H and O–H groups in total. The zero-order chi connectivity index (χ0) is 14.0. The van der Waals surface area contributed by atoms with Crippen molar-refractivity contribution in [1.29, 1.82) is 0 Å². The normalized spacial score (nSPS) is 10.5. The van der Waals surface area contributed by atoms with E-state index in [-0.39, 0.29) is 0 Å². The molecule has 0 atom stereocenters. The molecule has 19 heavy (non-hydrogen) atoms. The minimum Gasteiger partial charge on any atom is -0.495 e. The lowest BCUT2D eigenvalue weighted by molar-refractivity contribution is 0.384. The van der Waals surface area contributed by atoms with Gasteiger partial charge in [0.2, 0.25) is 0 Å². The number of nitrogen functional groups attached to an aromatic ring is 1. The summed E-state index contributed by atoms with van der Waals surface area (Å²) in [4.78, 5) is 2.05. The van der Waals surface area contributed by atoms with Crippen LogP contribution in [0.1, 0.15) is 16.9 Å². The molecule has 0 aliphatic rings. The van der Waals surface area contributed by atoms with Crippen molar-refractivity contribution in [2.45, 2.75) is 20.4 Å². The topological polar surface area (TPSA) is 64.5 Å². The van der Waals surface area contributed by atoms with Crippen molar-refractivity contribution in [2.24, 2.45) is 0 Å². The molecule has 0 amide bonds. The first-order valence-corrected chi connectivity index (χ1v) is 6.08. The van der Waals surface area contributed by atoms with E-state index in [2.05, 4.69) is 25.1 Å². The molecule has 0 aliphatic heterocycles. The first-order valence-electron chi connectivity index (χ1n) is 6.08. The molecule has 2 aromatic rings. The van der Waals surface area contributed by atoms with Gasteiger partial charge in [-0.05, 0) is 37.1 Å². The molecule has 1 heterocycles. The van der Waals surface area contributed by atoms with E-state index in [4.69, 9.17) is 15.0 Å². The van der Waals surface area contributed by atoms with Crippen molar-refractivity contribution in [3.05, 3.63) is 35.1 Å². The van der Waals surface area contributed by atoms with Gasteiger partial charge in [-0.25, -0.2) is 0 Å². The Hall–Kier alpha value is -2.17. The summed E-state index contributed by atoms with van der Waals surface area (Å²) < 4.78 is 10.6. The van der Waals surface area contributed by atoms with Crippen molar-refractivity contribution in [3.63, 3.8) is 0 Å². The standard InChI is InChI=1S/C14H19N3O2/c1-9-5-12(13(18-4)6-10(9)2)17(3)8-11-7-14(15)16-19-11/h5-7H,8H2,1-4H3,(H2,15,16). The van der Waals surface area contributed by atoms with E-state index in [1.807, 2.05) is 18.0 Å². The van der Waals surface area contributed by atoms with E-state index >= 15 is 0 Å². The molecule has 0 spiro atoms. The van der Waals surface area contributed by atoms with Crippen LogP contribution in [0.25, 0.3) is 0 Å². The summed E-state index contributed by atoms with van der Waals surface area (Å²) in [5, 5.41) is 3.68. The van der Waals surface area contributed by atoms with Gasteiger partial charge in [-0.15, -0.1) is 0 Å². The lowest BCUT2D eigenvalue weighted by Gasteiger charge is -2.21. The van der Waals surface area contributed by atoms with Crippen molar-refractivity contribution < 1.29 is 9.26 Å². The summed E-state index contributed by atoms with van der Waals surface area (Å²) in [5.41, 5.74) is 8.99. The Kier molecular flexibility index (Phi) is 3.64. The number of hydrogen-bond acceptors (Lipinski definition) is 5. The highest BCUT2D eigenvalue weighted by Crippen LogP contribution is 2.31. The van der Waals surface area contributed by atoms with E-state index in [0.29, 0.717) is 12.4 Å². The Balaban J connectivity index is 2.27. The van der Waals surface area contributed by atoms with E-state index in [1.165, 1.54) is 11.1 Å². The molecule has 0 fully saturated rings. The number of ether oxygens (including phenoxy) is 1. The van der Waals surface area contributed by atoms with E-state index < -0.39 is 0 Å². The monoisotopic (exact) mass is 261 g/mol. The lowest BCUT2D eigenvalue weighted by atomic mass is 10.1. The summed E-state index contributed by atoms with van der Waals surface area (Å²) in [6, 6.07) is 5.87. The number of hydrogen-bond donors (Lipinski definition) is 1. The zero-order valence-electron chi connectivity index (χ0n) is 11.7. The molecule has 1 aromatic heterocycles. The van der Waals surface area contributed by atoms with Crippen LogP contribution in [0.2, 0.25) is 0 Å². The van der Waals surface area contributed by atoms with Crippen LogP contribution in [0, 0.1) is 13.8 Å². The second kappa shape index (κ2) is 5.22. The Morgan fingerprint density at radius 2 is 1.95 bits per heavy atom. The highest BCUT2D eigenvalue weighted by molar-refractivity contribution is 5.61. The van der Waals surface area contributed by atoms with E-state index in [9.17, 15) is 0 Å². The molecule has 2 rings (SSSR count). The second-order valence-electron chi connectivity index (χ2n) is 4.68. The molecule has 0 saturated heterocycles. The third kappa shape index (κ3) is 2.81. The SMILES string of the molecule is COc1cc(C)c(C)cc1N(C)Cc1cc(N)no1. The van der Waals surface area contributed by atoms with Gasteiger partial charge in [-0.3, -0.25) is 0 Å². The van der Waals surface area contributed by atoms with Crippen LogP contribution in [0.15, 0.2) is 22.7 Å². The van der Waals surface area contributed by atoms with Crippen LogP contribution < -0.4 is 15.4 Å². The minimum atomic E-state index is 0.399. The molecular weight excluding hydrogens is 242 g/mol. The number of aryl methyl sites for hydroxylation is 2. The van der Waals surface area contributed by atoms with Crippen LogP contribution in [0.4, 0.5) is 11.5 Å². The molecule has 0 saturated carbocycles. The van der Waals surface area contributed by atoms with Crippen LogP contribution in [-0.4, -0.2) is 19.3 Å². The van der Waals surface area contributed by atoms with Gasteiger partial charge in [0.15, 0.2) is 11.6 Å². The Morgan fingerprint density at radius 1 is 1.26 bits per heavy atom. The maximum absolute atomic E-state index is 5.54. The van der Waals surface area contributed by atoms with E-state index in [0.717, 1.165) is 17.2 Å². The number of benzene rings is 1. The molecular formula is C14H19N3O2. The molecule has 0 bridgehead atoms. The number of aromatic nitrogens is 1. The Morgan fingerprint density at radius 3 is 2.53 bits per heavy atom. The first kappa shape index (κ1) is 13.3.